The second-order valence-electron chi connectivity index (χ2n) is 31.5. The first-order valence-corrected chi connectivity index (χ1v) is 47.0. The number of carbonyl (C=O) groups excluding carboxylic acids is 4. The molecule has 2 unspecified atom stereocenters. The summed E-state index contributed by atoms with van der Waals surface area (Å²) in [5.74, 6) is -0.516. The van der Waals surface area contributed by atoms with Crippen LogP contribution in [-0.4, -0.2) is 96.7 Å². The molecule has 0 saturated carbocycles. The van der Waals surface area contributed by atoms with Crippen LogP contribution in [0.3, 0.4) is 0 Å². The lowest BCUT2D eigenvalue weighted by Gasteiger charge is -2.21. The second-order valence-corrected chi connectivity index (χ2v) is 34.4. The Morgan fingerprint density at radius 2 is 0.442 bits per heavy atom. The van der Waals surface area contributed by atoms with E-state index < -0.39 is 97.5 Å². The molecule has 3 N–H and O–H groups in total. The fraction of sp³-hybridized carbons (Fsp3) is 0.953. The van der Waals surface area contributed by atoms with E-state index in [4.69, 9.17) is 37.0 Å². The lowest BCUT2D eigenvalue weighted by atomic mass is 10.0. The van der Waals surface area contributed by atoms with Crippen molar-refractivity contribution in [1.82, 2.24) is 0 Å². The third-order valence-corrected chi connectivity index (χ3v) is 21.9. The summed E-state index contributed by atoms with van der Waals surface area (Å²) < 4.78 is 68.9. The van der Waals surface area contributed by atoms with E-state index in [1.54, 1.807) is 0 Å². The molecule has 0 aliphatic rings. The molecule has 19 heteroatoms. The molecule has 0 amide bonds. The number of rotatable bonds is 84. The van der Waals surface area contributed by atoms with Crippen LogP contribution in [0.25, 0.3) is 0 Å². The Labute approximate surface area is 638 Å². The largest absolute Gasteiger partial charge is 0.472 e. The van der Waals surface area contributed by atoms with Crippen molar-refractivity contribution in [3.05, 3.63) is 0 Å². The van der Waals surface area contributed by atoms with Gasteiger partial charge < -0.3 is 33.8 Å². The van der Waals surface area contributed by atoms with Gasteiger partial charge in [-0.1, -0.05) is 401 Å². The van der Waals surface area contributed by atoms with Crippen molar-refractivity contribution in [2.75, 3.05) is 39.6 Å². The molecule has 0 aromatic carbocycles. The average molecular weight is 1520 g/mol. The molecule has 0 aliphatic carbocycles. The van der Waals surface area contributed by atoms with E-state index in [2.05, 4.69) is 41.5 Å². The molecule has 618 valence electrons. The summed E-state index contributed by atoms with van der Waals surface area (Å²) in [6, 6.07) is 0. The predicted octanol–water partition coefficient (Wildman–Crippen LogP) is 25.8. The molecule has 0 radical (unpaired) electrons. The van der Waals surface area contributed by atoms with Gasteiger partial charge >= 0.3 is 39.5 Å². The lowest BCUT2D eigenvalue weighted by Crippen LogP contribution is -2.30. The van der Waals surface area contributed by atoms with Crippen molar-refractivity contribution in [3.8, 4) is 0 Å². The fourth-order valence-electron chi connectivity index (χ4n) is 13.2. The molecular weight excluding hydrogens is 1350 g/mol. The molecule has 0 heterocycles. The van der Waals surface area contributed by atoms with Gasteiger partial charge in [0.05, 0.1) is 26.4 Å². The Kier molecular flexibility index (Phi) is 75.0. The average Bonchev–Trinajstić information content (AvgIpc) is 0.904. The summed E-state index contributed by atoms with van der Waals surface area (Å²) >= 11 is 0. The van der Waals surface area contributed by atoms with E-state index in [1.165, 1.54) is 270 Å². The summed E-state index contributed by atoms with van der Waals surface area (Å²) in [5, 5.41) is 10.7. The fourth-order valence-corrected chi connectivity index (χ4v) is 14.8. The number of carbonyl (C=O) groups is 4. The molecule has 0 saturated heterocycles. The number of aliphatic hydroxyl groups excluding tert-OH is 1. The molecule has 0 bridgehead atoms. The Hall–Kier alpha value is -1.94. The van der Waals surface area contributed by atoms with Crippen LogP contribution in [0.15, 0.2) is 0 Å². The van der Waals surface area contributed by atoms with Crippen molar-refractivity contribution in [2.24, 2.45) is 11.8 Å². The summed E-state index contributed by atoms with van der Waals surface area (Å²) in [7, 11) is -9.93. The Morgan fingerprint density at radius 1 is 0.260 bits per heavy atom. The summed E-state index contributed by atoms with van der Waals surface area (Å²) in [6.07, 6.45) is 68.0. The van der Waals surface area contributed by atoms with E-state index in [0.29, 0.717) is 25.7 Å². The summed E-state index contributed by atoms with van der Waals surface area (Å²) in [6.45, 7) is 9.70. The number of phosphoric ester groups is 2. The van der Waals surface area contributed by atoms with Gasteiger partial charge in [0, 0.05) is 25.7 Å². The third-order valence-electron chi connectivity index (χ3n) is 20.0. The molecule has 0 fully saturated rings. The highest BCUT2D eigenvalue weighted by molar-refractivity contribution is 7.47. The van der Waals surface area contributed by atoms with E-state index in [-0.39, 0.29) is 25.7 Å². The van der Waals surface area contributed by atoms with Crippen molar-refractivity contribution < 1.29 is 80.2 Å². The first kappa shape index (κ1) is 102. The Balaban J connectivity index is 5.24. The SMILES string of the molecule is CCCCCCCCCCCCCCCCCCCCCC(=O)OC[C@H](COP(=O)(O)OC[C@@H](O)COP(=O)(O)OC[C@@H](COC(=O)CCCCCCCCCCCCC)OC(=O)CCCCCCCCCCCCCCC(C)C)OC(=O)CCCCCCCCCCCCCCCCCCC(C)C. The van der Waals surface area contributed by atoms with Gasteiger partial charge in [-0.15, -0.1) is 0 Å². The molecule has 0 spiro atoms. The van der Waals surface area contributed by atoms with Crippen LogP contribution in [-0.2, 0) is 65.4 Å². The highest BCUT2D eigenvalue weighted by Gasteiger charge is 2.30. The number of unbranched alkanes of at least 4 members (excludes halogenated alkanes) is 54. The first-order valence-electron chi connectivity index (χ1n) is 44.0. The lowest BCUT2D eigenvalue weighted by molar-refractivity contribution is -0.161. The minimum absolute atomic E-state index is 0.107. The van der Waals surface area contributed by atoms with Crippen LogP contribution >= 0.6 is 15.6 Å². The van der Waals surface area contributed by atoms with Crippen LogP contribution in [0.2, 0.25) is 0 Å². The molecule has 17 nitrogen and oxygen atoms in total. The Morgan fingerprint density at radius 3 is 0.654 bits per heavy atom. The maximum atomic E-state index is 13.1. The smallest absolute Gasteiger partial charge is 0.462 e. The maximum Gasteiger partial charge on any atom is 0.472 e. The van der Waals surface area contributed by atoms with Gasteiger partial charge in [0.2, 0.25) is 0 Å². The topological polar surface area (TPSA) is 237 Å². The molecule has 0 rings (SSSR count). The molecule has 0 aliphatic heterocycles. The first-order chi connectivity index (χ1) is 50.4. The summed E-state index contributed by atoms with van der Waals surface area (Å²) in [4.78, 5) is 73.2. The van der Waals surface area contributed by atoms with Crippen LogP contribution in [0.5, 0.6) is 0 Å². The number of ether oxygens (including phenoxy) is 4. The highest BCUT2D eigenvalue weighted by Crippen LogP contribution is 2.45. The van der Waals surface area contributed by atoms with Gasteiger partial charge in [-0.2, -0.15) is 0 Å². The van der Waals surface area contributed by atoms with Crippen molar-refractivity contribution >= 4 is 39.5 Å². The van der Waals surface area contributed by atoms with Gasteiger partial charge in [-0.3, -0.25) is 37.3 Å². The zero-order valence-corrected chi connectivity index (χ0v) is 70.1. The van der Waals surface area contributed by atoms with Crippen molar-refractivity contribution in [3.63, 3.8) is 0 Å². The van der Waals surface area contributed by atoms with Gasteiger partial charge in [0.1, 0.15) is 19.3 Å². The maximum absolute atomic E-state index is 13.1. The number of hydrogen-bond donors (Lipinski definition) is 3. The van der Waals surface area contributed by atoms with Crippen LogP contribution in [0.4, 0.5) is 0 Å². The number of aliphatic hydroxyl groups is 1. The van der Waals surface area contributed by atoms with E-state index in [9.17, 15) is 43.2 Å². The molecule has 5 atom stereocenters. The molecular formula is C85H166O17P2. The van der Waals surface area contributed by atoms with Gasteiger partial charge in [0.25, 0.3) is 0 Å². The summed E-state index contributed by atoms with van der Waals surface area (Å²) in [5.41, 5.74) is 0. The van der Waals surface area contributed by atoms with Crippen molar-refractivity contribution in [2.45, 2.75) is 471 Å². The monoisotopic (exact) mass is 1520 g/mol. The number of esters is 4. The van der Waals surface area contributed by atoms with Crippen LogP contribution < -0.4 is 0 Å². The van der Waals surface area contributed by atoms with Gasteiger partial charge in [-0.25, -0.2) is 9.13 Å². The number of hydrogen-bond acceptors (Lipinski definition) is 15. The zero-order valence-electron chi connectivity index (χ0n) is 68.3. The highest BCUT2D eigenvalue weighted by atomic mass is 31.2. The van der Waals surface area contributed by atoms with Crippen molar-refractivity contribution in [1.29, 1.82) is 0 Å². The third kappa shape index (κ3) is 78.2. The van der Waals surface area contributed by atoms with E-state index >= 15 is 0 Å². The molecule has 0 aromatic rings. The van der Waals surface area contributed by atoms with E-state index in [1.807, 2.05) is 0 Å². The minimum atomic E-state index is -4.97. The molecule has 0 aromatic heterocycles. The van der Waals surface area contributed by atoms with Gasteiger partial charge in [0.15, 0.2) is 12.2 Å². The second kappa shape index (κ2) is 76.4. The normalized spacial score (nSPS) is 13.8. The van der Waals surface area contributed by atoms with Crippen LogP contribution in [0.1, 0.15) is 452 Å². The Bertz CT molecular complexity index is 1990. The van der Waals surface area contributed by atoms with Crippen LogP contribution in [0, 0.1) is 11.8 Å². The predicted molar refractivity (Wildman–Crippen MR) is 428 cm³/mol. The number of phosphoric acid groups is 2. The quantitative estimate of drug-likeness (QED) is 0.0222. The van der Waals surface area contributed by atoms with E-state index in [0.717, 1.165) is 102 Å². The van der Waals surface area contributed by atoms with Gasteiger partial charge in [-0.05, 0) is 37.5 Å². The zero-order chi connectivity index (χ0) is 76.4. The standard InChI is InChI=1S/C85H166O17P2/c1-7-9-11-13-15-17-19-20-21-22-23-24-28-31-38-44-50-56-62-68-83(88)96-74-81(101-84(89)69-63-57-51-45-39-32-29-26-25-27-30-36-41-47-53-59-65-77(3)4)76-100-104(93,94)98-72-79(86)71-97-103(91,92)99-75-80(73-95-82(87)67-61-55-49-43-35-18-16-14-12-10-8-2)102-85(90)70-64-58-52-46-40-34-33-37-42-48-54-60-66-78(5)6/h77-81,86H,7-76H2,1-6H3,(H,91,92)(H,93,94)/t79-,80+,81+/m0/s1. The molecule has 104 heavy (non-hydrogen) atoms. The minimum Gasteiger partial charge on any atom is -0.462 e.